The lowest BCUT2D eigenvalue weighted by Gasteiger charge is -1.97. The van der Waals surface area contributed by atoms with Crippen molar-refractivity contribution in [2.75, 3.05) is 0 Å². The van der Waals surface area contributed by atoms with E-state index < -0.39 is 0 Å². The molecule has 0 saturated carbocycles. The Bertz CT molecular complexity index is 281. The van der Waals surface area contributed by atoms with Crippen LogP contribution in [0, 0.1) is 0 Å². The van der Waals surface area contributed by atoms with Crippen LogP contribution in [0.3, 0.4) is 0 Å². The van der Waals surface area contributed by atoms with Gasteiger partial charge in [0.2, 0.25) is 0 Å². The van der Waals surface area contributed by atoms with Gasteiger partial charge in [-0.15, -0.1) is 0 Å². The van der Waals surface area contributed by atoms with Crippen molar-refractivity contribution >= 4 is 0 Å². The number of rotatable bonds is 1. The van der Waals surface area contributed by atoms with E-state index in [1.165, 1.54) is 5.56 Å². The first kappa shape index (κ1) is 6.66. The van der Waals surface area contributed by atoms with Gasteiger partial charge in [0, 0.05) is 5.92 Å². The van der Waals surface area contributed by atoms with E-state index in [-0.39, 0.29) is 0 Å². The van der Waals surface area contributed by atoms with Crippen LogP contribution in [0.2, 0.25) is 0 Å². The Morgan fingerprint density at radius 3 is 1.91 bits per heavy atom. The lowest BCUT2D eigenvalue weighted by Crippen LogP contribution is -1.80. The summed E-state index contributed by atoms with van der Waals surface area (Å²) < 4.78 is 0. The smallest absolute Gasteiger partial charge is 0.0258 e. The van der Waals surface area contributed by atoms with Crippen LogP contribution < -0.4 is 0 Å². The Balaban J connectivity index is 2.23. The highest BCUT2D eigenvalue weighted by molar-refractivity contribution is 5.51. The van der Waals surface area contributed by atoms with E-state index in [0.29, 0.717) is 5.92 Å². The predicted octanol–water partition coefficient (Wildman–Crippen LogP) is 3.12. The van der Waals surface area contributed by atoms with Gasteiger partial charge in [-0.05, 0) is 19.4 Å². The van der Waals surface area contributed by atoms with Crippen molar-refractivity contribution in [2.24, 2.45) is 0 Å². The van der Waals surface area contributed by atoms with Gasteiger partial charge in [-0.1, -0.05) is 41.5 Å². The zero-order valence-electron chi connectivity index (χ0n) is 6.96. The zero-order valence-corrected chi connectivity index (χ0v) is 6.96. The number of allylic oxidation sites excluding steroid dienone is 2. The first-order valence-corrected chi connectivity index (χ1v) is 4.03. The summed E-state index contributed by atoms with van der Waals surface area (Å²) >= 11 is 0. The Morgan fingerprint density at radius 1 is 0.909 bits per heavy atom. The molecule has 0 radical (unpaired) electrons. The molecule has 1 aliphatic rings. The Kier molecular flexibility index (Phi) is 1.35. The number of benzene rings is 1. The molecule has 0 nitrogen and oxygen atoms in total. The Labute approximate surface area is 67.6 Å². The fourth-order valence-electron chi connectivity index (χ4n) is 1.62. The van der Waals surface area contributed by atoms with Crippen molar-refractivity contribution in [2.45, 2.75) is 19.8 Å². The van der Waals surface area contributed by atoms with Crippen LogP contribution in [0.4, 0.5) is 0 Å². The highest BCUT2D eigenvalue weighted by Gasteiger charge is 2.29. The second kappa shape index (κ2) is 2.23. The van der Waals surface area contributed by atoms with Crippen LogP contribution in [0.25, 0.3) is 0 Å². The topological polar surface area (TPSA) is 0 Å². The van der Waals surface area contributed by atoms with Crippen molar-refractivity contribution in [3.63, 3.8) is 0 Å². The second-order valence-corrected chi connectivity index (χ2v) is 3.21. The van der Waals surface area contributed by atoms with Crippen molar-refractivity contribution in [1.29, 1.82) is 0 Å². The molecule has 1 aliphatic carbocycles. The molecule has 0 N–H and O–H groups in total. The van der Waals surface area contributed by atoms with E-state index in [1.807, 2.05) is 0 Å². The summed E-state index contributed by atoms with van der Waals surface area (Å²) in [6.45, 7) is 4.43. The normalized spacial score (nSPS) is 17.3. The van der Waals surface area contributed by atoms with Gasteiger partial charge < -0.3 is 0 Å². The second-order valence-electron chi connectivity index (χ2n) is 3.21. The molecule has 0 aliphatic heterocycles. The van der Waals surface area contributed by atoms with Crippen LogP contribution in [-0.4, -0.2) is 0 Å². The molecular formula is C11H12. The minimum atomic E-state index is 0.677. The van der Waals surface area contributed by atoms with Gasteiger partial charge in [0.15, 0.2) is 0 Å². The quantitative estimate of drug-likeness (QED) is 0.531. The molecule has 1 aromatic carbocycles. The molecule has 0 saturated heterocycles. The molecule has 0 bridgehead atoms. The summed E-state index contributed by atoms with van der Waals surface area (Å²) in [4.78, 5) is 0. The summed E-state index contributed by atoms with van der Waals surface area (Å²) in [5, 5.41) is 0. The zero-order chi connectivity index (χ0) is 7.84. The van der Waals surface area contributed by atoms with E-state index in [9.17, 15) is 0 Å². The Hall–Kier alpha value is -1.04. The van der Waals surface area contributed by atoms with Crippen molar-refractivity contribution in [1.82, 2.24) is 0 Å². The number of hydrogen-bond acceptors (Lipinski definition) is 0. The standard InChI is InChI=1S/C11H12/c1-8-9(2)11(8)10-6-4-3-5-7-10/h3-7,11H,1-2H3. The third-order valence-corrected chi connectivity index (χ3v) is 2.54. The first-order chi connectivity index (χ1) is 5.30. The predicted molar refractivity (Wildman–Crippen MR) is 47.6 cm³/mol. The van der Waals surface area contributed by atoms with Gasteiger partial charge in [-0.2, -0.15) is 0 Å². The van der Waals surface area contributed by atoms with Crippen molar-refractivity contribution in [3.05, 3.63) is 47.0 Å². The molecule has 11 heavy (non-hydrogen) atoms. The average Bonchev–Trinajstić information content (AvgIpc) is 2.62. The summed E-state index contributed by atoms with van der Waals surface area (Å²) in [5.41, 5.74) is 4.55. The van der Waals surface area contributed by atoms with Crippen LogP contribution >= 0.6 is 0 Å². The summed E-state index contributed by atoms with van der Waals surface area (Å²) in [7, 11) is 0. The molecule has 0 heteroatoms. The van der Waals surface area contributed by atoms with E-state index >= 15 is 0 Å². The largest absolute Gasteiger partial charge is 0.0622 e. The van der Waals surface area contributed by atoms with Gasteiger partial charge in [-0.3, -0.25) is 0 Å². The third-order valence-electron chi connectivity index (χ3n) is 2.54. The molecule has 0 unspecified atom stereocenters. The van der Waals surface area contributed by atoms with Gasteiger partial charge in [0.1, 0.15) is 0 Å². The molecule has 0 fully saturated rings. The molecule has 56 valence electrons. The van der Waals surface area contributed by atoms with Gasteiger partial charge in [-0.25, -0.2) is 0 Å². The van der Waals surface area contributed by atoms with E-state index in [2.05, 4.69) is 44.2 Å². The maximum absolute atomic E-state index is 2.22. The van der Waals surface area contributed by atoms with E-state index in [0.717, 1.165) is 0 Å². The third kappa shape index (κ3) is 0.988. The van der Waals surface area contributed by atoms with Crippen molar-refractivity contribution in [3.8, 4) is 0 Å². The van der Waals surface area contributed by atoms with Crippen LogP contribution in [0.5, 0.6) is 0 Å². The monoisotopic (exact) mass is 144 g/mol. The minimum absolute atomic E-state index is 0.677. The molecule has 0 amide bonds. The lowest BCUT2D eigenvalue weighted by molar-refractivity contribution is 1.13. The van der Waals surface area contributed by atoms with E-state index in [1.54, 1.807) is 11.1 Å². The highest BCUT2D eigenvalue weighted by atomic mass is 14.3. The molecule has 0 heterocycles. The summed E-state index contributed by atoms with van der Waals surface area (Å²) in [5.74, 6) is 0.677. The SMILES string of the molecule is CC1=C(C)C1c1ccccc1. The number of hydrogen-bond donors (Lipinski definition) is 0. The Morgan fingerprint density at radius 2 is 1.45 bits per heavy atom. The van der Waals surface area contributed by atoms with Crippen LogP contribution in [0.1, 0.15) is 25.3 Å². The van der Waals surface area contributed by atoms with Crippen LogP contribution in [0.15, 0.2) is 41.5 Å². The van der Waals surface area contributed by atoms with Gasteiger partial charge in [0.25, 0.3) is 0 Å². The fraction of sp³-hybridized carbons (Fsp3) is 0.273. The molecule has 1 aromatic rings. The molecular weight excluding hydrogens is 132 g/mol. The van der Waals surface area contributed by atoms with Crippen molar-refractivity contribution < 1.29 is 0 Å². The summed E-state index contributed by atoms with van der Waals surface area (Å²) in [6, 6.07) is 10.7. The molecule has 0 atom stereocenters. The summed E-state index contributed by atoms with van der Waals surface area (Å²) in [6.07, 6.45) is 0. The molecule has 0 aromatic heterocycles. The maximum atomic E-state index is 2.22. The maximum Gasteiger partial charge on any atom is 0.0258 e. The first-order valence-electron chi connectivity index (χ1n) is 4.03. The highest BCUT2D eigenvalue weighted by Crippen LogP contribution is 2.46. The fourth-order valence-corrected chi connectivity index (χ4v) is 1.62. The van der Waals surface area contributed by atoms with Crippen LogP contribution in [-0.2, 0) is 0 Å². The van der Waals surface area contributed by atoms with Gasteiger partial charge >= 0.3 is 0 Å². The molecule has 2 rings (SSSR count). The lowest BCUT2D eigenvalue weighted by atomic mass is 10.1. The average molecular weight is 144 g/mol. The van der Waals surface area contributed by atoms with Gasteiger partial charge in [0.05, 0.1) is 0 Å². The molecule has 0 spiro atoms. The minimum Gasteiger partial charge on any atom is -0.0622 e. The van der Waals surface area contributed by atoms with E-state index in [4.69, 9.17) is 0 Å².